The van der Waals surface area contributed by atoms with E-state index < -0.39 is 5.97 Å². The van der Waals surface area contributed by atoms with Gasteiger partial charge in [-0.2, -0.15) is 0 Å². The second-order valence-electron chi connectivity index (χ2n) is 6.61. The van der Waals surface area contributed by atoms with Gasteiger partial charge in [-0.15, -0.1) is 12.4 Å². The Kier molecular flexibility index (Phi) is 10.4. The molecule has 1 saturated heterocycles. The number of hydrogen-bond acceptors (Lipinski definition) is 5. The van der Waals surface area contributed by atoms with Gasteiger partial charge in [0.15, 0.2) is 0 Å². The van der Waals surface area contributed by atoms with Crippen LogP contribution in [0, 0.1) is 0 Å². The van der Waals surface area contributed by atoms with E-state index in [-0.39, 0.29) is 19.0 Å². The first-order valence-corrected chi connectivity index (χ1v) is 8.99. The van der Waals surface area contributed by atoms with Crippen LogP contribution in [0.5, 0.6) is 11.5 Å². The highest BCUT2D eigenvalue weighted by Crippen LogP contribution is 2.18. The third-order valence-electron chi connectivity index (χ3n) is 4.75. The number of carboxylic acids is 1. The van der Waals surface area contributed by atoms with Gasteiger partial charge in [0, 0.05) is 12.6 Å². The number of methoxy groups -OCH3 is 1. The van der Waals surface area contributed by atoms with Crippen molar-refractivity contribution in [2.75, 3.05) is 46.9 Å². The number of carbonyl (C=O) groups is 1. The number of benzene rings is 1. The van der Waals surface area contributed by atoms with E-state index in [1.807, 2.05) is 36.2 Å². The smallest absolute Gasteiger partial charge is 0.317 e. The van der Waals surface area contributed by atoms with Crippen LogP contribution in [-0.2, 0) is 4.79 Å². The summed E-state index contributed by atoms with van der Waals surface area (Å²) < 4.78 is 10.9. The van der Waals surface area contributed by atoms with Crippen molar-refractivity contribution in [3.8, 4) is 11.5 Å². The van der Waals surface area contributed by atoms with Crippen LogP contribution in [0.1, 0.15) is 25.7 Å². The lowest BCUT2D eigenvalue weighted by Crippen LogP contribution is -2.36. The van der Waals surface area contributed by atoms with Crippen LogP contribution in [-0.4, -0.2) is 73.9 Å². The lowest BCUT2D eigenvalue weighted by atomic mass is 10.1. The van der Waals surface area contributed by atoms with Crippen molar-refractivity contribution >= 4 is 18.4 Å². The SMILES string of the molecule is COc1ccc(OCCCN2CCCC(N(C)CC(=O)O)CC2)cc1.Cl. The van der Waals surface area contributed by atoms with Crippen molar-refractivity contribution in [3.63, 3.8) is 0 Å². The number of ether oxygens (including phenoxy) is 2. The molecule has 0 radical (unpaired) electrons. The molecule has 1 aromatic rings. The van der Waals surface area contributed by atoms with Crippen molar-refractivity contribution in [1.29, 1.82) is 0 Å². The van der Waals surface area contributed by atoms with Gasteiger partial charge in [-0.25, -0.2) is 0 Å². The van der Waals surface area contributed by atoms with Gasteiger partial charge in [0.2, 0.25) is 0 Å². The van der Waals surface area contributed by atoms with E-state index in [0.29, 0.717) is 12.6 Å². The third kappa shape index (κ3) is 7.81. The second kappa shape index (κ2) is 12.0. The molecule has 0 aromatic heterocycles. The summed E-state index contributed by atoms with van der Waals surface area (Å²) in [6.45, 7) is 3.95. The number of nitrogens with zero attached hydrogens (tertiary/aromatic N) is 2. The highest BCUT2D eigenvalue weighted by atomic mass is 35.5. The fraction of sp³-hybridized carbons (Fsp3) is 0.632. The maximum absolute atomic E-state index is 10.9. The molecule has 1 N–H and O–H groups in total. The fourth-order valence-electron chi connectivity index (χ4n) is 3.30. The maximum Gasteiger partial charge on any atom is 0.317 e. The van der Waals surface area contributed by atoms with Gasteiger partial charge in [-0.05, 0) is 70.1 Å². The van der Waals surface area contributed by atoms with Crippen molar-refractivity contribution in [2.24, 2.45) is 0 Å². The molecule has 7 heteroatoms. The number of rotatable bonds is 9. The van der Waals surface area contributed by atoms with E-state index in [1.54, 1.807) is 7.11 Å². The number of likely N-dealkylation sites (N-methyl/N-ethyl adjacent to an activating group) is 1. The summed E-state index contributed by atoms with van der Waals surface area (Å²) in [6, 6.07) is 8.02. The zero-order valence-electron chi connectivity index (χ0n) is 15.7. The van der Waals surface area contributed by atoms with Gasteiger partial charge in [-0.1, -0.05) is 0 Å². The van der Waals surface area contributed by atoms with Crippen LogP contribution in [0.15, 0.2) is 24.3 Å². The topological polar surface area (TPSA) is 62.2 Å². The Hall–Kier alpha value is -1.50. The van der Waals surface area contributed by atoms with Gasteiger partial charge in [0.05, 0.1) is 20.3 Å². The van der Waals surface area contributed by atoms with E-state index in [2.05, 4.69) is 4.90 Å². The van der Waals surface area contributed by atoms with Gasteiger partial charge < -0.3 is 19.5 Å². The number of hydrogen-bond donors (Lipinski definition) is 1. The first-order valence-electron chi connectivity index (χ1n) is 8.99. The molecule has 2 rings (SSSR count). The average molecular weight is 387 g/mol. The minimum Gasteiger partial charge on any atom is -0.497 e. The molecular formula is C19H31ClN2O4. The van der Waals surface area contributed by atoms with Gasteiger partial charge in [0.25, 0.3) is 0 Å². The summed E-state index contributed by atoms with van der Waals surface area (Å²) in [5.41, 5.74) is 0. The van der Waals surface area contributed by atoms with Gasteiger partial charge in [0.1, 0.15) is 11.5 Å². The molecule has 0 spiro atoms. The Labute approximate surface area is 162 Å². The number of carboxylic acid groups (broad SMARTS) is 1. The second-order valence-corrected chi connectivity index (χ2v) is 6.61. The van der Waals surface area contributed by atoms with Crippen LogP contribution in [0.25, 0.3) is 0 Å². The van der Waals surface area contributed by atoms with E-state index >= 15 is 0 Å². The van der Waals surface area contributed by atoms with E-state index in [0.717, 1.165) is 56.8 Å². The summed E-state index contributed by atoms with van der Waals surface area (Å²) in [5.74, 6) is 0.950. The summed E-state index contributed by atoms with van der Waals surface area (Å²) in [4.78, 5) is 15.3. The molecule has 1 fully saturated rings. The third-order valence-corrected chi connectivity index (χ3v) is 4.75. The highest BCUT2D eigenvalue weighted by Gasteiger charge is 2.21. The first-order chi connectivity index (χ1) is 12.1. The van der Waals surface area contributed by atoms with Crippen LogP contribution in [0.4, 0.5) is 0 Å². The molecule has 1 aliphatic rings. The summed E-state index contributed by atoms with van der Waals surface area (Å²) in [7, 11) is 3.57. The molecule has 1 heterocycles. The van der Waals surface area contributed by atoms with Crippen LogP contribution in [0.2, 0.25) is 0 Å². The highest BCUT2D eigenvalue weighted by molar-refractivity contribution is 5.85. The summed E-state index contributed by atoms with van der Waals surface area (Å²) in [5, 5.41) is 8.93. The minimum atomic E-state index is -0.751. The molecule has 1 aromatic carbocycles. The number of likely N-dealkylation sites (tertiary alicyclic amines) is 1. The van der Waals surface area contributed by atoms with E-state index in [1.165, 1.54) is 0 Å². The molecule has 0 bridgehead atoms. The summed E-state index contributed by atoms with van der Waals surface area (Å²) >= 11 is 0. The molecule has 0 amide bonds. The van der Waals surface area contributed by atoms with Crippen LogP contribution < -0.4 is 9.47 Å². The fourth-order valence-corrected chi connectivity index (χ4v) is 3.30. The lowest BCUT2D eigenvalue weighted by Gasteiger charge is -2.25. The largest absolute Gasteiger partial charge is 0.497 e. The Morgan fingerprint density at radius 3 is 2.58 bits per heavy atom. The average Bonchev–Trinajstić information content (AvgIpc) is 2.84. The number of halogens is 1. The van der Waals surface area contributed by atoms with E-state index in [4.69, 9.17) is 14.6 Å². The zero-order chi connectivity index (χ0) is 18.1. The molecule has 0 aliphatic carbocycles. The van der Waals surface area contributed by atoms with E-state index in [9.17, 15) is 4.79 Å². The first kappa shape index (κ1) is 22.5. The summed E-state index contributed by atoms with van der Waals surface area (Å²) in [6.07, 6.45) is 4.21. The molecule has 1 aliphatic heterocycles. The van der Waals surface area contributed by atoms with Crippen LogP contribution >= 0.6 is 12.4 Å². The van der Waals surface area contributed by atoms with Crippen molar-refractivity contribution in [3.05, 3.63) is 24.3 Å². The van der Waals surface area contributed by atoms with Gasteiger partial charge >= 0.3 is 5.97 Å². The maximum atomic E-state index is 10.9. The Morgan fingerprint density at radius 2 is 1.92 bits per heavy atom. The zero-order valence-corrected chi connectivity index (χ0v) is 16.5. The Balaban J connectivity index is 0.00000338. The molecule has 0 saturated carbocycles. The molecule has 1 unspecified atom stereocenters. The molecule has 148 valence electrons. The molecule has 6 nitrogen and oxygen atoms in total. The van der Waals surface area contributed by atoms with Gasteiger partial charge in [-0.3, -0.25) is 9.69 Å². The predicted octanol–water partition coefficient (Wildman–Crippen LogP) is 2.76. The van der Waals surface area contributed by atoms with Crippen molar-refractivity contribution < 1.29 is 19.4 Å². The molecule has 1 atom stereocenters. The molecular weight excluding hydrogens is 356 g/mol. The predicted molar refractivity (Wildman–Crippen MR) is 105 cm³/mol. The normalized spacial score (nSPS) is 18.0. The number of aliphatic carboxylic acids is 1. The monoisotopic (exact) mass is 386 g/mol. The standard InChI is InChI=1S/C19H30N2O4.ClH/c1-20(15-19(22)23)16-5-3-11-21(13-10-16)12-4-14-25-18-8-6-17(24-2)7-9-18;/h6-9,16H,3-5,10-15H2,1-2H3,(H,22,23);1H. The molecule has 26 heavy (non-hydrogen) atoms. The van der Waals surface area contributed by atoms with Crippen molar-refractivity contribution in [1.82, 2.24) is 9.80 Å². The van der Waals surface area contributed by atoms with Crippen LogP contribution in [0.3, 0.4) is 0 Å². The minimum absolute atomic E-state index is 0. The lowest BCUT2D eigenvalue weighted by molar-refractivity contribution is -0.138. The van der Waals surface area contributed by atoms with Crippen molar-refractivity contribution in [2.45, 2.75) is 31.7 Å². The quantitative estimate of drug-likeness (QED) is 0.658. The Bertz CT molecular complexity index is 527. The Morgan fingerprint density at radius 1 is 1.23 bits per heavy atom.